The minimum Gasteiger partial charge on any atom is -0.467 e. The number of benzene rings is 2. The number of carbonyl (C=O) groups is 1. The fourth-order valence-electron chi connectivity index (χ4n) is 3.18. The van der Waals surface area contributed by atoms with Crippen molar-refractivity contribution in [2.75, 3.05) is 5.32 Å². The van der Waals surface area contributed by atoms with Crippen LogP contribution in [0.25, 0.3) is 17.2 Å². The van der Waals surface area contributed by atoms with E-state index in [1.165, 1.54) is 6.07 Å². The molecule has 0 aliphatic carbocycles. The highest BCUT2D eigenvalue weighted by atomic mass is 19.1. The largest absolute Gasteiger partial charge is 0.467 e. The van der Waals surface area contributed by atoms with E-state index in [-0.39, 0.29) is 5.82 Å². The van der Waals surface area contributed by atoms with Crippen LogP contribution in [0.15, 0.2) is 58.7 Å². The fraction of sp³-hybridized carbons (Fsp3) is 0.167. The first kappa shape index (κ1) is 20.9. The Labute approximate surface area is 174 Å². The van der Waals surface area contributed by atoms with Crippen molar-refractivity contribution in [1.82, 2.24) is 5.32 Å². The number of nitriles is 1. The number of amides is 1. The molecule has 6 heteroatoms. The summed E-state index contributed by atoms with van der Waals surface area (Å²) in [4.78, 5) is 11.8. The first-order chi connectivity index (χ1) is 14.4. The summed E-state index contributed by atoms with van der Waals surface area (Å²) < 4.78 is 20.1. The SMILES string of the molecule is CC(=Cc1cc(C)c(-c2ccc(NCc3ccco3)cc2F)cc1C)C(=O)NC#N. The molecular formula is C24H22FN3O2. The molecule has 0 fully saturated rings. The molecule has 30 heavy (non-hydrogen) atoms. The normalized spacial score (nSPS) is 11.1. The Bertz CT molecular complexity index is 1140. The third kappa shape index (κ3) is 4.76. The second kappa shape index (κ2) is 9.10. The second-order valence-corrected chi connectivity index (χ2v) is 7.04. The maximum Gasteiger partial charge on any atom is 0.259 e. The van der Waals surface area contributed by atoms with Gasteiger partial charge in [-0.15, -0.1) is 0 Å². The fourth-order valence-corrected chi connectivity index (χ4v) is 3.18. The molecule has 2 N–H and O–H groups in total. The molecule has 1 heterocycles. The van der Waals surface area contributed by atoms with Crippen molar-refractivity contribution >= 4 is 17.7 Å². The zero-order valence-corrected chi connectivity index (χ0v) is 17.0. The number of nitrogens with one attached hydrogen (secondary N) is 2. The number of furan rings is 1. The van der Waals surface area contributed by atoms with Crippen LogP contribution in [0.1, 0.15) is 29.4 Å². The minimum absolute atomic E-state index is 0.324. The monoisotopic (exact) mass is 403 g/mol. The number of carbonyl (C=O) groups excluding carboxylic acids is 1. The first-order valence-electron chi connectivity index (χ1n) is 9.44. The summed E-state index contributed by atoms with van der Waals surface area (Å²) in [7, 11) is 0. The Morgan fingerprint density at radius 3 is 2.63 bits per heavy atom. The number of hydrogen-bond donors (Lipinski definition) is 2. The van der Waals surface area contributed by atoms with Crippen LogP contribution in [0.4, 0.5) is 10.1 Å². The van der Waals surface area contributed by atoms with Crippen LogP contribution in [0, 0.1) is 31.1 Å². The molecule has 2 aromatic carbocycles. The van der Waals surface area contributed by atoms with Gasteiger partial charge < -0.3 is 9.73 Å². The van der Waals surface area contributed by atoms with E-state index in [0.717, 1.165) is 28.0 Å². The van der Waals surface area contributed by atoms with Crippen molar-refractivity contribution in [1.29, 1.82) is 5.26 Å². The molecule has 0 radical (unpaired) electrons. The molecule has 0 unspecified atom stereocenters. The van der Waals surface area contributed by atoms with Crippen LogP contribution in [-0.2, 0) is 11.3 Å². The average Bonchev–Trinajstić information content (AvgIpc) is 3.23. The molecule has 1 aromatic heterocycles. The highest BCUT2D eigenvalue weighted by Crippen LogP contribution is 2.31. The lowest BCUT2D eigenvalue weighted by atomic mass is 9.93. The molecule has 3 rings (SSSR count). The van der Waals surface area contributed by atoms with Crippen molar-refractivity contribution < 1.29 is 13.6 Å². The number of rotatable bonds is 6. The van der Waals surface area contributed by atoms with E-state index in [0.29, 0.717) is 23.4 Å². The standard InChI is InChI=1S/C24H22FN3O2/c1-15-11-22(16(2)9-18(15)10-17(3)24(29)28-14-26)21-7-6-19(12-23(21)25)27-13-20-5-4-8-30-20/h4-12,27H,13H2,1-3H3,(H,28,29). The lowest BCUT2D eigenvalue weighted by molar-refractivity contribution is -0.116. The molecule has 3 aromatic rings. The van der Waals surface area contributed by atoms with Crippen LogP contribution in [0.2, 0.25) is 0 Å². The van der Waals surface area contributed by atoms with Crippen molar-refractivity contribution in [3.05, 3.63) is 82.6 Å². The lowest BCUT2D eigenvalue weighted by Crippen LogP contribution is -2.17. The Morgan fingerprint density at radius 1 is 1.17 bits per heavy atom. The Kier molecular flexibility index (Phi) is 6.33. The number of nitrogens with zero attached hydrogens (tertiary/aromatic N) is 1. The summed E-state index contributed by atoms with van der Waals surface area (Å²) in [5, 5.41) is 13.8. The van der Waals surface area contributed by atoms with Crippen molar-refractivity contribution in [2.45, 2.75) is 27.3 Å². The number of hydrogen-bond acceptors (Lipinski definition) is 4. The van der Waals surface area contributed by atoms with Gasteiger partial charge >= 0.3 is 0 Å². The third-order valence-electron chi connectivity index (χ3n) is 4.82. The minimum atomic E-state index is -0.442. The van der Waals surface area contributed by atoms with Crippen LogP contribution < -0.4 is 10.6 Å². The number of halogens is 1. The highest BCUT2D eigenvalue weighted by Gasteiger charge is 2.12. The Morgan fingerprint density at radius 2 is 1.97 bits per heavy atom. The summed E-state index contributed by atoms with van der Waals surface area (Å²) in [6, 6.07) is 12.5. The van der Waals surface area contributed by atoms with Gasteiger partial charge in [-0.3, -0.25) is 10.1 Å². The topological polar surface area (TPSA) is 78.1 Å². The molecule has 0 aliphatic rings. The van der Waals surface area contributed by atoms with Gasteiger partial charge in [-0.25, -0.2) is 4.39 Å². The van der Waals surface area contributed by atoms with Gasteiger partial charge in [-0.05, 0) is 79.4 Å². The van der Waals surface area contributed by atoms with E-state index in [1.54, 1.807) is 31.5 Å². The molecule has 0 atom stereocenters. The van der Waals surface area contributed by atoms with E-state index >= 15 is 0 Å². The molecule has 152 valence electrons. The zero-order valence-electron chi connectivity index (χ0n) is 17.0. The second-order valence-electron chi connectivity index (χ2n) is 7.04. The van der Waals surface area contributed by atoms with Crippen molar-refractivity contribution in [2.24, 2.45) is 0 Å². The quantitative estimate of drug-likeness (QED) is 0.332. The van der Waals surface area contributed by atoms with Crippen LogP contribution in [0.3, 0.4) is 0 Å². The van der Waals surface area contributed by atoms with Gasteiger partial charge in [0.2, 0.25) is 0 Å². The summed E-state index contributed by atoms with van der Waals surface area (Å²) in [6.45, 7) is 5.92. The molecule has 0 spiro atoms. The smallest absolute Gasteiger partial charge is 0.259 e. The highest BCUT2D eigenvalue weighted by molar-refractivity contribution is 5.98. The number of anilines is 1. The first-order valence-corrected chi connectivity index (χ1v) is 9.44. The molecule has 5 nitrogen and oxygen atoms in total. The molecular weight excluding hydrogens is 381 g/mol. The third-order valence-corrected chi connectivity index (χ3v) is 4.82. The summed E-state index contributed by atoms with van der Waals surface area (Å²) in [5.74, 6) is 0.00506. The van der Waals surface area contributed by atoms with Crippen molar-refractivity contribution in [3.8, 4) is 17.3 Å². The predicted octanol–water partition coefficient (Wildman–Crippen LogP) is 5.32. The average molecular weight is 403 g/mol. The van der Waals surface area contributed by atoms with Crippen molar-refractivity contribution in [3.63, 3.8) is 0 Å². The van der Waals surface area contributed by atoms with Crippen LogP contribution in [-0.4, -0.2) is 5.91 Å². The van der Waals surface area contributed by atoms with Gasteiger partial charge in [-0.2, -0.15) is 5.26 Å². The summed E-state index contributed by atoms with van der Waals surface area (Å²) >= 11 is 0. The summed E-state index contributed by atoms with van der Waals surface area (Å²) in [5.41, 5.74) is 5.02. The lowest BCUT2D eigenvalue weighted by Gasteiger charge is -2.13. The molecule has 0 saturated heterocycles. The molecule has 1 amide bonds. The van der Waals surface area contributed by atoms with E-state index < -0.39 is 5.91 Å². The maximum atomic E-state index is 14.9. The van der Waals surface area contributed by atoms with Gasteiger partial charge in [0.15, 0.2) is 6.19 Å². The Balaban J connectivity index is 1.85. The van der Waals surface area contributed by atoms with E-state index in [2.05, 4.69) is 10.6 Å². The Hall–Kier alpha value is -3.85. The zero-order chi connectivity index (χ0) is 21.7. The van der Waals surface area contributed by atoms with Gasteiger partial charge in [0, 0.05) is 16.8 Å². The van der Waals surface area contributed by atoms with Crippen LogP contribution >= 0.6 is 0 Å². The van der Waals surface area contributed by atoms with E-state index in [9.17, 15) is 9.18 Å². The van der Waals surface area contributed by atoms with E-state index in [4.69, 9.17) is 9.68 Å². The van der Waals surface area contributed by atoms with Gasteiger partial charge in [0.25, 0.3) is 5.91 Å². The van der Waals surface area contributed by atoms with Gasteiger partial charge in [-0.1, -0.05) is 12.1 Å². The van der Waals surface area contributed by atoms with Gasteiger partial charge in [0.05, 0.1) is 12.8 Å². The van der Waals surface area contributed by atoms with Crippen LogP contribution in [0.5, 0.6) is 0 Å². The maximum absolute atomic E-state index is 14.9. The van der Waals surface area contributed by atoms with Gasteiger partial charge in [0.1, 0.15) is 11.6 Å². The predicted molar refractivity (Wildman–Crippen MR) is 115 cm³/mol. The van der Waals surface area contributed by atoms with E-state index in [1.807, 2.05) is 44.2 Å². The number of aryl methyl sites for hydroxylation is 2. The summed E-state index contributed by atoms with van der Waals surface area (Å²) in [6.07, 6.45) is 4.94. The molecule has 0 saturated carbocycles. The molecule has 0 aliphatic heterocycles. The molecule has 0 bridgehead atoms.